The van der Waals surface area contributed by atoms with E-state index >= 15 is 0 Å². The third-order valence-electron chi connectivity index (χ3n) is 2.47. The number of hydrogen-bond acceptors (Lipinski definition) is 5. The van der Waals surface area contributed by atoms with Gasteiger partial charge in [-0.1, -0.05) is 0 Å². The van der Waals surface area contributed by atoms with E-state index in [1.807, 2.05) is 36.7 Å². The summed E-state index contributed by atoms with van der Waals surface area (Å²) in [6, 6.07) is 7.34. The maximum atomic E-state index is 5.70. The zero-order valence-electron chi connectivity index (χ0n) is 9.04. The fraction of sp³-hybridized carbons (Fsp3) is 0.0833. The third kappa shape index (κ3) is 2.09. The van der Waals surface area contributed by atoms with Crippen LogP contribution >= 0.6 is 11.5 Å². The van der Waals surface area contributed by atoms with E-state index in [-0.39, 0.29) is 0 Å². The van der Waals surface area contributed by atoms with Crippen molar-refractivity contribution in [3.05, 3.63) is 40.2 Å². The second kappa shape index (κ2) is 4.10. The van der Waals surface area contributed by atoms with Crippen molar-refractivity contribution in [2.45, 2.75) is 0 Å². The number of nitrogens with zero attached hydrogens (tertiary/aromatic N) is 2. The normalized spacial score (nSPS) is 13.5. The average Bonchev–Trinajstić information content (AvgIpc) is 2.79. The molecule has 0 saturated carbocycles. The van der Waals surface area contributed by atoms with Gasteiger partial charge in [-0.15, -0.1) is 0 Å². The van der Waals surface area contributed by atoms with E-state index in [0.29, 0.717) is 0 Å². The van der Waals surface area contributed by atoms with Crippen molar-refractivity contribution in [3.63, 3.8) is 0 Å². The molecule has 0 saturated heterocycles. The van der Waals surface area contributed by atoms with Crippen LogP contribution in [0.4, 0.5) is 5.69 Å². The van der Waals surface area contributed by atoms with Crippen LogP contribution in [0.3, 0.4) is 0 Å². The number of anilines is 1. The molecule has 0 atom stereocenters. The summed E-state index contributed by atoms with van der Waals surface area (Å²) in [5.74, 6) is 0.774. The molecule has 0 fully saturated rings. The van der Waals surface area contributed by atoms with Crippen LogP contribution in [0.2, 0.25) is 0 Å². The molecular weight excluding hydrogens is 234 g/mol. The molecule has 17 heavy (non-hydrogen) atoms. The van der Waals surface area contributed by atoms with Crippen LogP contribution < -0.4 is 20.3 Å². The maximum absolute atomic E-state index is 5.70. The fourth-order valence-electron chi connectivity index (χ4n) is 1.62. The lowest BCUT2D eigenvalue weighted by molar-refractivity contribution is 0.0278. The van der Waals surface area contributed by atoms with Crippen LogP contribution in [-0.2, 0) is 0 Å². The molecule has 4 nitrogen and oxygen atoms in total. The molecule has 0 radical (unpaired) electrons. The molecule has 1 aliphatic rings. The Hall–Kier alpha value is -2.01. The van der Waals surface area contributed by atoms with Gasteiger partial charge in [0.25, 0.3) is 0 Å². The Morgan fingerprint density at radius 2 is 2.12 bits per heavy atom. The van der Waals surface area contributed by atoms with E-state index in [2.05, 4.69) is 10.4 Å². The standard InChI is InChI=1S/C12H11N3OS/c13-10-1-3-11(4-2-10)16-15-6-5-12-9(8-15)7-14-17-12/h1-5,7-8H,6,13H2. The topological polar surface area (TPSA) is 51.4 Å². The van der Waals surface area contributed by atoms with Crippen molar-refractivity contribution in [2.24, 2.45) is 0 Å². The summed E-state index contributed by atoms with van der Waals surface area (Å²) < 4.78 is 5.33. The quantitative estimate of drug-likeness (QED) is 0.785. The number of benzene rings is 1. The molecule has 0 unspecified atom stereocenters. The Morgan fingerprint density at radius 3 is 2.94 bits per heavy atom. The Balaban J connectivity index is 1.82. The Labute approximate surface area is 102 Å². The van der Waals surface area contributed by atoms with Gasteiger partial charge in [0.2, 0.25) is 0 Å². The molecule has 0 bridgehead atoms. The van der Waals surface area contributed by atoms with E-state index in [4.69, 9.17) is 10.6 Å². The molecule has 1 aromatic heterocycles. The average molecular weight is 245 g/mol. The Morgan fingerprint density at radius 1 is 1.29 bits per heavy atom. The summed E-state index contributed by atoms with van der Waals surface area (Å²) in [4.78, 5) is 5.70. The van der Waals surface area contributed by atoms with Gasteiger partial charge < -0.3 is 10.6 Å². The molecule has 1 aliphatic heterocycles. The van der Waals surface area contributed by atoms with E-state index in [0.717, 1.165) is 23.2 Å². The summed E-state index contributed by atoms with van der Waals surface area (Å²) >= 11 is 1.50. The summed E-state index contributed by atoms with van der Waals surface area (Å²) in [6.45, 7) is 0.722. The molecule has 2 N–H and O–H groups in total. The van der Waals surface area contributed by atoms with Gasteiger partial charge in [0.05, 0.1) is 17.3 Å². The van der Waals surface area contributed by atoms with Crippen LogP contribution in [0.15, 0.2) is 30.5 Å². The van der Waals surface area contributed by atoms with Crippen molar-refractivity contribution in [2.75, 3.05) is 12.3 Å². The van der Waals surface area contributed by atoms with E-state index < -0.39 is 0 Å². The first-order chi connectivity index (χ1) is 8.31. The zero-order chi connectivity index (χ0) is 11.7. The van der Waals surface area contributed by atoms with Gasteiger partial charge in [0.1, 0.15) is 0 Å². The minimum atomic E-state index is 0.722. The van der Waals surface area contributed by atoms with Crippen LogP contribution in [0.5, 0.6) is 5.75 Å². The Bertz CT molecular complexity index is 633. The van der Waals surface area contributed by atoms with Crippen LogP contribution in [0.25, 0.3) is 12.3 Å². The maximum Gasteiger partial charge on any atom is 0.155 e. The summed E-state index contributed by atoms with van der Waals surface area (Å²) in [7, 11) is 0. The van der Waals surface area contributed by atoms with Crippen LogP contribution in [0.1, 0.15) is 0 Å². The van der Waals surface area contributed by atoms with Crippen LogP contribution in [0, 0.1) is 0 Å². The summed E-state index contributed by atoms with van der Waals surface area (Å²) in [5.41, 5.74) is 6.35. The second-order valence-electron chi connectivity index (χ2n) is 3.74. The Kier molecular flexibility index (Phi) is 2.45. The van der Waals surface area contributed by atoms with Crippen LogP contribution in [-0.4, -0.2) is 16.0 Å². The van der Waals surface area contributed by atoms with Crippen molar-refractivity contribution in [1.29, 1.82) is 0 Å². The molecule has 0 amide bonds. The van der Waals surface area contributed by atoms with E-state index in [9.17, 15) is 0 Å². The van der Waals surface area contributed by atoms with Gasteiger partial charge in [0.15, 0.2) is 5.75 Å². The lowest BCUT2D eigenvalue weighted by atomic mass is 10.3. The molecule has 0 aliphatic carbocycles. The molecule has 86 valence electrons. The summed E-state index contributed by atoms with van der Waals surface area (Å²) in [6.07, 6.45) is 5.90. The SMILES string of the molecule is Nc1ccc(ON2C=c3cnsc3=CC2)cc1. The van der Waals surface area contributed by atoms with E-state index in [1.165, 1.54) is 16.1 Å². The largest absolute Gasteiger partial charge is 0.399 e. The predicted molar refractivity (Wildman–Crippen MR) is 68.5 cm³/mol. The molecule has 0 spiro atoms. The van der Waals surface area contributed by atoms with Gasteiger partial charge in [0, 0.05) is 17.1 Å². The first-order valence-corrected chi connectivity index (χ1v) is 6.01. The highest BCUT2D eigenvalue weighted by atomic mass is 32.1. The van der Waals surface area contributed by atoms with Gasteiger partial charge in [-0.25, -0.2) is 5.06 Å². The molecule has 2 heterocycles. The number of hydrogen-bond donors (Lipinski definition) is 1. The fourth-order valence-corrected chi connectivity index (χ4v) is 2.26. The molecular formula is C12H11N3OS. The minimum absolute atomic E-state index is 0.722. The number of nitrogens with two attached hydrogens (primary N) is 1. The molecule has 1 aromatic carbocycles. The zero-order valence-corrected chi connectivity index (χ0v) is 9.85. The van der Waals surface area contributed by atoms with Gasteiger partial charge in [-0.2, -0.15) is 4.37 Å². The predicted octanol–water partition coefficient (Wildman–Crippen LogP) is 0.553. The second-order valence-corrected chi connectivity index (χ2v) is 4.57. The lowest BCUT2D eigenvalue weighted by Gasteiger charge is -2.20. The van der Waals surface area contributed by atoms with E-state index in [1.54, 1.807) is 5.06 Å². The summed E-state index contributed by atoms with van der Waals surface area (Å²) in [5, 5.41) is 2.87. The molecule has 2 aromatic rings. The number of nitrogen functional groups attached to an aromatic ring is 1. The van der Waals surface area contributed by atoms with Crippen molar-refractivity contribution in [1.82, 2.24) is 9.44 Å². The number of aromatic nitrogens is 1. The number of hydroxylamine groups is 2. The van der Waals surface area contributed by atoms with Gasteiger partial charge in [-0.3, -0.25) is 0 Å². The van der Waals surface area contributed by atoms with Crippen molar-refractivity contribution >= 4 is 29.5 Å². The third-order valence-corrected chi connectivity index (χ3v) is 3.28. The van der Waals surface area contributed by atoms with Gasteiger partial charge in [-0.05, 0) is 41.9 Å². The number of fused-ring (bicyclic) bond motifs is 1. The monoisotopic (exact) mass is 245 g/mol. The highest BCUT2D eigenvalue weighted by molar-refractivity contribution is 7.03. The molecule has 3 rings (SSSR count). The molecule has 5 heteroatoms. The smallest absolute Gasteiger partial charge is 0.155 e. The first-order valence-electron chi connectivity index (χ1n) is 5.24. The number of rotatable bonds is 2. The minimum Gasteiger partial charge on any atom is -0.399 e. The highest BCUT2D eigenvalue weighted by Gasteiger charge is 2.05. The van der Waals surface area contributed by atoms with Crippen molar-refractivity contribution < 1.29 is 4.84 Å². The highest BCUT2D eigenvalue weighted by Crippen LogP contribution is 2.14. The van der Waals surface area contributed by atoms with Gasteiger partial charge >= 0.3 is 0 Å². The first kappa shape index (κ1) is 10.2. The lowest BCUT2D eigenvalue weighted by Crippen LogP contribution is -2.34. The van der Waals surface area contributed by atoms with Crippen molar-refractivity contribution in [3.8, 4) is 5.75 Å².